The first-order chi connectivity index (χ1) is 25.8. The average molecular weight is 810 g/mol. The predicted molar refractivity (Wildman–Crippen MR) is 228 cm³/mol. The van der Waals surface area contributed by atoms with Crippen molar-refractivity contribution in [3.8, 4) is 0 Å². The Morgan fingerprint density at radius 3 is 0.836 bits per heavy atom. The molecule has 0 aliphatic heterocycles. The molecule has 0 spiro atoms. The zero-order valence-electron chi connectivity index (χ0n) is 34.0. The van der Waals surface area contributed by atoms with Gasteiger partial charge in [-0.2, -0.15) is 0 Å². The summed E-state index contributed by atoms with van der Waals surface area (Å²) in [6.45, 7) is 25.6. The van der Waals surface area contributed by atoms with Gasteiger partial charge in [-0.05, 0) is 170 Å². The van der Waals surface area contributed by atoms with E-state index in [-0.39, 0.29) is 19.5 Å². The van der Waals surface area contributed by atoms with E-state index < -0.39 is 0 Å². The van der Waals surface area contributed by atoms with Gasteiger partial charge in [0.25, 0.3) is 0 Å². The minimum Gasteiger partial charge on any atom is -0.254 e. The van der Waals surface area contributed by atoms with Gasteiger partial charge < -0.3 is 0 Å². The van der Waals surface area contributed by atoms with E-state index in [9.17, 15) is 0 Å². The van der Waals surface area contributed by atoms with Gasteiger partial charge in [-0.25, -0.2) is 0 Å². The zero-order valence-corrected chi connectivity index (χ0v) is 35.7. The molecular formula is C48H48N6Ru. The molecule has 9 aromatic rings. The Balaban J connectivity index is 0.000000139. The van der Waals surface area contributed by atoms with E-state index in [4.69, 9.17) is 15.0 Å². The maximum atomic E-state index is 4.76. The largest absolute Gasteiger partial charge is 0.254 e. The van der Waals surface area contributed by atoms with E-state index in [0.717, 1.165) is 66.3 Å². The molecule has 0 radical (unpaired) electrons. The molecule has 0 aliphatic rings. The van der Waals surface area contributed by atoms with Crippen LogP contribution in [0.5, 0.6) is 0 Å². The quantitative estimate of drug-likeness (QED) is 0.112. The second-order valence-corrected chi connectivity index (χ2v) is 14.8. The fraction of sp³-hybridized carbons (Fsp3) is 0.250. The van der Waals surface area contributed by atoms with Gasteiger partial charge in [-0.15, -0.1) is 0 Å². The van der Waals surface area contributed by atoms with Crippen molar-refractivity contribution in [3.05, 3.63) is 140 Å². The summed E-state index contributed by atoms with van der Waals surface area (Å²) in [6, 6.07) is 18.8. The molecule has 0 N–H and O–H groups in total. The van der Waals surface area contributed by atoms with Crippen molar-refractivity contribution >= 4 is 65.4 Å². The Hall–Kier alpha value is -5.26. The Bertz CT molecular complexity index is 2650. The minimum atomic E-state index is 0. The fourth-order valence-corrected chi connectivity index (χ4v) is 7.91. The number of fused-ring (bicyclic) bond motifs is 9. The summed E-state index contributed by atoms with van der Waals surface area (Å²) < 4.78 is 0. The van der Waals surface area contributed by atoms with Gasteiger partial charge in [-0.1, -0.05) is 18.2 Å². The Morgan fingerprint density at radius 2 is 0.582 bits per heavy atom. The second-order valence-electron chi connectivity index (χ2n) is 14.8. The average Bonchev–Trinajstić information content (AvgIpc) is 3.15. The van der Waals surface area contributed by atoms with Gasteiger partial charge in [-0.3, -0.25) is 29.9 Å². The number of pyridine rings is 6. The predicted octanol–water partition coefficient (Wildman–Crippen LogP) is 12.0. The SMILES string of the molecule is Cc1nc2c(c(C)cc3cccnc32)c(C)c1C.Cc1nc2c(c(C)cc3cccnc32)c(C)c1C.Cc1nc2c(c(C)cc3cccnc32)c(C)c1C.[Ru]. The number of aryl methyl sites for hydroxylation is 9. The molecule has 3 aromatic carbocycles. The fourth-order valence-electron chi connectivity index (χ4n) is 7.91. The molecule has 6 aromatic heterocycles. The van der Waals surface area contributed by atoms with E-state index in [0.29, 0.717) is 0 Å². The van der Waals surface area contributed by atoms with Crippen molar-refractivity contribution in [2.45, 2.75) is 83.1 Å². The van der Waals surface area contributed by atoms with Crippen LogP contribution in [0.25, 0.3) is 65.4 Å². The number of benzene rings is 3. The summed E-state index contributed by atoms with van der Waals surface area (Å²) in [5.41, 5.74) is 21.0. The Kier molecular flexibility index (Phi) is 11.1. The smallest absolute Gasteiger partial charge is 0.0973 e. The van der Waals surface area contributed by atoms with Crippen molar-refractivity contribution in [2.24, 2.45) is 0 Å². The molecule has 278 valence electrons. The molecule has 7 heteroatoms. The van der Waals surface area contributed by atoms with Crippen LogP contribution in [0.2, 0.25) is 0 Å². The van der Waals surface area contributed by atoms with Crippen LogP contribution in [0.1, 0.15) is 67.2 Å². The first-order valence-electron chi connectivity index (χ1n) is 18.6. The standard InChI is InChI=1S/3C16H16N2.Ru/c3*1-9-8-13-6-5-7-17-15(13)16-14(9)11(3)10(2)12(4)18-16;/h3*5-8H,1-4H3;. The molecule has 0 amide bonds. The molecule has 0 aliphatic carbocycles. The number of rotatable bonds is 0. The van der Waals surface area contributed by atoms with Crippen molar-refractivity contribution < 1.29 is 19.5 Å². The molecular weight excluding hydrogens is 762 g/mol. The van der Waals surface area contributed by atoms with Gasteiger partial charge in [0.2, 0.25) is 0 Å². The monoisotopic (exact) mass is 810 g/mol. The maximum Gasteiger partial charge on any atom is 0.0973 e. The van der Waals surface area contributed by atoms with Gasteiger partial charge in [0, 0.05) is 87.5 Å². The summed E-state index contributed by atoms with van der Waals surface area (Å²) in [5, 5.41) is 7.26. The zero-order chi connectivity index (χ0) is 38.6. The van der Waals surface area contributed by atoms with Gasteiger partial charge in [0.05, 0.1) is 33.1 Å². The molecule has 55 heavy (non-hydrogen) atoms. The summed E-state index contributed by atoms with van der Waals surface area (Å²) in [5.74, 6) is 0. The molecule has 0 saturated carbocycles. The summed E-state index contributed by atoms with van der Waals surface area (Å²) in [7, 11) is 0. The third-order valence-corrected chi connectivity index (χ3v) is 11.5. The first kappa shape index (κ1) is 39.4. The van der Waals surface area contributed by atoms with Crippen LogP contribution in [0.15, 0.2) is 73.2 Å². The van der Waals surface area contributed by atoms with Crippen LogP contribution in [0, 0.1) is 83.1 Å². The number of hydrogen-bond acceptors (Lipinski definition) is 6. The molecule has 6 nitrogen and oxygen atoms in total. The summed E-state index contributed by atoms with van der Waals surface area (Å²) >= 11 is 0. The third-order valence-electron chi connectivity index (χ3n) is 11.5. The van der Waals surface area contributed by atoms with E-state index >= 15 is 0 Å². The molecule has 0 saturated heterocycles. The summed E-state index contributed by atoms with van der Waals surface area (Å²) in [4.78, 5) is 27.8. The van der Waals surface area contributed by atoms with Crippen LogP contribution < -0.4 is 0 Å². The van der Waals surface area contributed by atoms with Crippen LogP contribution >= 0.6 is 0 Å². The van der Waals surface area contributed by atoms with E-state index in [2.05, 4.69) is 134 Å². The molecule has 0 atom stereocenters. The van der Waals surface area contributed by atoms with Crippen molar-refractivity contribution in [1.29, 1.82) is 0 Å². The van der Waals surface area contributed by atoms with Gasteiger partial charge in [0.1, 0.15) is 0 Å². The van der Waals surface area contributed by atoms with Crippen molar-refractivity contribution in [1.82, 2.24) is 29.9 Å². The third kappa shape index (κ3) is 6.96. The first-order valence-corrected chi connectivity index (χ1v) is 18.6. The molecule has 0 bridgehead atoms. The number of hydrogen-bond donors (Lipinski definition) is 0. The van der Waals surface area contributed by atoms with Crippen LogP contribution in [0.3, 0.4) is 0 Å². The van der Waals surface area contributed by atoms with Crippen LogP contribution in [-0.4, -0.2) is 29.9 Å². The van der Waals surface area contributed by atoms with Crippen molar-refractivity contribution in [3.63, 3.8) is 0 Å². The van der Waals surface area contributed by atoms with Crippen molar-refractivity contribution in [2.75, 3.05) is 0 Å². The van der Waals surface area contributed by atoms with E-state index in [1.807, 2.05) is 36.8 Å². The van der Waals surface area contributed by atoms with E-state index in [1.54, 1.807) is 0 Å². The van der Waals surface area contributed by atoms with Crippen LogP contribution in [0.4, 0.5) is 0 Å². The topological polar surface area (TPSA) is 77.3 Å². The minimum absolute atomic E-state index is 0. The maximum absolute atomic E-state index is 4.76. The number of nitrogens with zero attached hydrogens (tertiary/aromatic N) is 6. The second kappa shape index (κ2) is 15.5. The van der Waals surface area contributed by atoms with Gasteiger partial charge >= 0.3 is 0 Å². The molecule has 0 fully saturated rings. The van der Waals surface area contributed by atoms with Crippen LogP contribution in [-0.2, 0) is 19.5 Å². The molecule has 6 heterocycles. The molecule has 0 unspecified atom stereocenters. The Morgan fingerprint density at radius 1 is 0.327 bits per heavy atom. The summed E-state index contributed by atoms with van der Waals surface area (Å²) in [6.07, 6.45) is 5.51. The number of aromatic nitrogens is 6. The molecule has 9 rings (SSSR count). The normalized spacial score (nSPS) is 11.1. The Labute approximate surface area is 336 Å². The van der Waals surface area contributed by atoms with E-state index in [1.165, 1.54) is 66.2 Å². The van der Waals surface area contributed by atoms with Gasteiger partial charge in [0.15, 0.2) is 0 Å².